The van der Waals surface area contributed by atoms with Gasteiger partial charge in [0, 0.05) is 33.0 Å². The van der Waals surface area contributed by atoms with Crippen LogP contribution in [0.15, 0.2) is 30.3 Å². The van der Waals surface area contributed by atoms with E-state index in [1.807, 2.05) is 35.2 Å². The summed E-state index contributed by atoms with van der Waals surface area (Å²) < 4.78 is 0. The normalized spacial score (nSPS) is 15.8. The molecule has 21 heavy (non-hydrogen) atoms. The van der Waals surface area contributed by atoms with Crippen molar-refractivity contribution in [2.75, 3.05) is 13.1 Å². The lowest BCUT2D eigenvalue weighted by Crippen LogP contribution is -2.37. The predicted molar refractivity (Wildman–Crippen MR) is 82.5 cm³/mol. The van der Waals surface area contributed by atoms with Gasteiger partial charge in [0.1, 0.15) is 0 Å². The third-order valence-corrected chi connectivity index (χ3v) is 4.17. The smallest absolute Gasteiger partial charge is 0.220 e. The largest absolute Gasteiger partial charge is 0.352 e. The highest BCUT2D eigenvalue weighted by Crippen LogP contribution is 2.21. The molecule has 0 atom stereocenters. The zero-order chi connectivity index (χ0) is 15.1. The molecule has 1 aliphatic heterocycles. The second kappa shape index (κ2) is 7.81. The molecule has 2 amide bonds. The average molecular weight is 288 g/mol. The van der Waals surface area contributed by atoms with Gasteiger partial charge in [0.25, 0.3) is 0 Å². The van der Waals surface area contributed by atoms with Crippen LogP contribution in [0.1, 0.15) is 38.2 Å². The zero-order valence-electron chi connectivity index (χ0n) is 12.7. The Morgan fingerprint density at radius 2 is 1.86 bits per heavy atom. The molecular formula is C17H24N2O2. The number of amides is 2. The van der Waals surface area contributed by atoms with Crippen LogP contribution in [0.2, 0.25) is 0 Å². The van der Waals surface area contributed by atoms with Crippen LogP contribution in [0.5, 0.6) is 0 Å². The van der Waals surface area contributed by atoms with Crippen molar-refractivity contribution in [2.24, 2.45) is 5.92 Å². The second-order valence-electron chi connectivity index (χ2n) is 5.75. The minimum Gasteiger partial charge on any atom is -0.352 e. The summed E-state index contributed by atoms with van der Waals surface area (Å²) in [6.07, 6.45) is 3.54. The molecule has 0 radical (unpaired) electrons. The Labute approximate surface area is 126 Å². The van der Waals surface area contributed by atoms with Crippen molar-refractivity contribution < 1.29 is 9.59 Å². The highest BCUT2D eigenvalue weighted by Gasteiger charge is 2.20. The summed E-state index contributed by atoms with van der Waals surface area (Å²) in [7, 11) is 0. The number of nitrogens with zero attached hydrogens (tertiary/aromatic N) is 1. The molecule has 2 rings (SSSR count). The molecule has 1 aromatic rings. The molecule has 1 fully saturated rings. The molecule has 1 saturated heterocycles. The predicted octanol–water partition coefficient (Wildman–Crippen LogP) is 2.34. The van der Waals surface area contributed by atoms with E-state index >= 15 is 0 Å². The molecule has 0 unspecified atom stereocenters. The first-order valence-corrected chi connectivity index (χ1v) is 7.71. The monoisotopic (exact) mass is 288 g/mol. The average Bonchev–Trinajstić information content (AvgIpc) is 2.52. The van der Waals surface area contributed by atoms with Gasteiger partial charge >= 0.3 is 0 Å². The van der Waals surface area contributed by atoms with E-state index < -0.39 is 0 Å². The van der Waals surface area contributed by atoms with E-state index in [1.165, 1.54) is 0 Å². The quantitative estimate of drug-likeness (QED) is 0.904. The van der Waals surface area contributed by atoms with Gasteiger partial charge in [0.15, 0.2) is 0 Å². The van der Waals surface area contributed by atoms with Gasteiger partial charge in [0.05, 0.1) is 0 Å². The van der Waals surface area contributed by atoms with Crippen LogP contribution in [-0.2, 0) is 16.1 Å². The number of rotatable bonds is 5. The third-order valence-electron chi connectivity index (χ3n) is 4.17. The SMILES string of the molecule is CC(=O)N1CCC(CCC(=O)NCc2ccccc2)CC1. The minimum atomic E-state index is 0.118. The summed E-state index contributed by atoms with van der Waals surface area (Å²) >= 11 is 0. The number of hydrogen-bond acceptors (Lipinski definition) is 2. The maximum absolute atomic E-state index is 11.9. The zero-order valence-corrected chi connectivity index (χ0v) is 12.7. The summed E-state index contributed by atoms with van der Waals surface area (Å²) in [5.41, 5.74) is 1.13. The van der Waals surface area contributed by atoms with Gasteiger partial charge in [-0.3, -0.25) is 9.59 Å². The van der Waals surface area contributed by atoms with Crippen LogP contribution >= 0.6 is 0 Å². The number of carbonyl (C=O) groups excluding carboxylic acids is 2. The van der Waals surface area contributed by atoms with E-state index in [1.54, 1.807) is 6.92 Å². The Morgan fingerprint density at radius 3 is 2.48 bits per heavy atom. The van der Waals surface area contributed by atoms with Crippen molar-refractivity contribution >= 4 is 11.8 Å². The van der Waals surface area contributed by atoms with Gasteiger partial charge in [-0.05, 0) is 30.7 Å². The Hall–Kier alpha value is -1.84. The fourth-order valence-corrected chi connectivity index (χ4v) is 2.76. The topological polar surface area (TPSA) is 49.4 Å². The Balaban J connectivity index is 1.62. The molecule has 0 saturated carbocycles. The fraction of sp³-hybridized carbons (Fsp3) is 0.529. The summed E-state index contributed by atoms with van der Waals surface area (Å²) in [5, 5.41) is 2.96. The Kier molecular flexibility index (Phi) is 5.78. The molecule has 114 valence electrons. The van der Waals surface area contributed by atoms with Crippen LogP contribution in [-0.4, -0.2) is 29.8 Å². The van der Waals surface area contributed by atoms with Crippen LogP contribution in [0.3, 0.4) is 0 Å². The summed E-state index contributed by atoms with van der Waals surface area (Å²) in [4.78, 5) is 25.0. The van der Waals surface area contributed by atoms with Crippen molar-refractivity contribution in [1.82, 2.24) is 10.2 Å². The van der Waals surface area contributed by atoms with Crippen molar-refractivity contribution in [1.29, 1.82) is 0 Å². The van der Waals surface area contributed by atoms with Crippen LogP contribution in [0.4, 0.5) is 0 Å². The fourth-order valence-electron chi connectivity index (χ4n) is 2.76. The molecule has 4 heteroatoms. The van der Waals surface area contributed by atoms with Crippen molar-refractivity contribution in [3.63, 3.8) is 0 Å². The van der Waals surface area contributed by atoms with Gasteiger partial charge in [-0.1, -0.05) is 30.3 Å². The van der Waals surface area contributed by atoms with E-state index in [0.29, 0.717) is 18.9 Å². The first-order valence-electron chi connectivity index (χ1n) is 7.71. The van der Waals surface area contributed by atoms with Crippen LogP contribution < -0.4 is 5.32 Å². The molecule has 0 aliphatic carbocycles. The lowest BCUT2D eigenvalue weighted by Gasteiger charge is -2.31. The summed E-state index contributed by atoms with van der Waals surface area (Å²) in [6.45, 7) is 3.90. The Bertz CT molecular complexity index is 465. The lowest BCUT2D eigenvalue weighted by atomic mass is 9.92. The van der Waals surface area contributed by atoms with Gasteiger partial charge in [-0.2, -0.15) is 0 Å². The highest BCUT2D eigenvalue weighted by atomic mass is 16.2. The molecule has 0 spiro atoms. The lowest BCUT2D eigenvalue weighted by molar-refractivity contribution is -0.130. The molecule has 0 aromatic heterocycles. The maximum atomic E-state index is 11.9. The number of hydrogen-bond donors (Lipinski definition) is 1. The van der Waals surface area contributed by atoms with Crippen molar-refractivity contribution in [3.05, 3.63) is 35.9 Å². The number of carbonyl (C=O) groups is 2. The Morgan fingerprint density at radius 1 is 1.19 bits per heavy atom. The van der Waals surface area contributed by atoms with Gasteiger partial charge in [-0.25, -0.2) is 0 Å². The van der Waals surface area contributed by atoms with Crippen LogP contribution in [0, 0.1) is 5.92 Å². The van der Waals surface area contributed by atoms with Gasteiger partial charge in [-0.15, -0.1) is 0 Å². The number of likely N-dealkylation sites (tertiary alicyclic amines) is 1. The van der Waals surface area contributed by atoms with Gasteiger partial charge in [0.2, 0.25) is 11.8 Å². The summed E-state index contributed by atoms with van der Waals surface area (Å²) in [5.74, 6) is 0.852. The first kappa shape index (κ1) is 15.5. The van der Waals surface area contributed by atoms with E-state index in [0.717, 1.165) is 37.9 Å². The van der Waals surface area contributed by atoms with Gasteiger partial charge < -0.3 is 10.2 Å². The molecule has 0 bridgehead atoms. The molecule has 1 aliphatic rings. The minimum absolute atomic E-state index is 0.118. The van der Waals surface area contributed by atoms with Crippen molar-refractivity contribution in [3.8, 4) is 0 Å². The second-order valence-corrected chi connectivity index (χ2v) is 5.75. The maximum Gasteiger partial charge on any atom is 0.220 e. The molecule has 4 nitrogen and oxygen atoms in total. The highest BCUT2D eigenvalue weighted by molar-refractivity contribution is 5.75. The van der Waals surface area contributed by atoms with Crippen LogP contribution in [0.25, 0.3) is 0 Å². The number of nitrogens with one attached hydrogen (secondary N) is 1. The van der Waals surface area contributed by atoms with E-state index in [-0.39, 0.29) is 11.8 Å². The number of benzene rings is 1. The van der Waals surface area contributed by atoms with E-state index in [2.05, 4.69) is 5.32 Å². The standard InChI is InChI=1S/C17H24N2O2/c1-14(20)19-11-9-15(10-12-19)7-8-17(21)18-13-16-5-3-2-4-6-16/h2-6,15H,7-13H2,1H3,(H,18,21). The molecule has 1 aromatic carbocycles. The summed E-state index contributed by atoms with van der Waals surface area (Å²) in [6, 6.07) is 9.95. The number of piperidine rings is 1. The van der Waals surface area contributed by atoms with E-state index in [9.17, 15) is 9.59 Å². The third kappa shape index (κ3) is 5.21. The molecular weight excluding hydrogens is 264 g/mol. The first-order chi connectivity index (χ1) is 10.1. The molecule has 1 N–H and O–H groups in total. The van der Waals surface area contributed by atoms with E-state index in [4.69, 9.17) is 0 Å². The van der Waals surface area contributed by atoms with Crippen molar-refractivity contribution in [2.45, 2.75) is 39.2 Å². The molecule has 1 heterocycles.